The molecule has 0 aliphatic carbocycles. The van der Waals surface area contributed by atoms with Gasteiger partial charge in [-0.25, -0.2) is 9.78 Å². The minimum absolute atomic E-state index is 0.352. The van der Waals surface area contributed by atoms with Crippen LogP contribution in [0.25, 0.3) is 21.9 Å². The third-order valence-electron chi connectivity index (χ3n) is 6.59. The zero-order valence-electron chi connectivity index (χ0n) is 20.7. The van der Waals surface area contributed by atoms with Crippen molar-refractivity contribution in [1.29, 1.82) is 5.26 Å². The van der Waals surface area contributed by atoms with Gasteiger partial charge < -0.3 is 14.6 Å². The standard InChI is InChI=1S/C31H26N4O2/c1-35-20-33-19-30(35)29(17-32)27-15-14-24(34-18-21-10-12-23(13-11-21)31(36)37-2)16-28(27)26-9-5-7-22-6-3-4-8-25(22)26/h3-16,19-20,29,34H,18H2,1-2H3. The first-order valence-electron chi connectivity index (χ1n) is 12.0. The summed E-state index contributed by atoms with van der Waals surface area (Å²) in [5.74, 6) is -0.823. The van der Waals surface area contributed by atoms with Crippen molar-refractivity contribution in [2.75, 3.05) is 12.4 Å². The van der Waals surface area contributed by atoms with Crippen molar-refractivity contribution in [3.63, 3.8) is 0 Å². The molecule has 1 heterocycles. The molecule has 182 valence electrons. The van der Waals surface area contributed by atoms with E-state index in [9.17, 15) is 10.1 Å². The van der Waals surface area contributed by atoms with E-state index in [-0.39, 0.29) is 5.97 Å². The number of fused-ring (bicyclic) bond motifs is 1. The molecule has 5 aromatic rings. The fraction of sp³-hybridized carbons (Fsp3) is 0.129. The predicted molar refractivity (Wildman–Crippen MR) is 145 cm³/mol. The number of aromatic nitrogens is 2. The van der Waals surface area contributed by atoms with Gasteiger partial charge in [0.05, 0.1) is 30.8 Å². The first-order valence-corrected chi connectivity index (χ1v) is 12.0. The number of esters is 1. The monoisotopic (exact) mass is 486 g/mol. The van der Waals surface area contributed by atoms with Crippen LogP contribution in [0.5, 0.6) is 0 Å². The molecule has 1 atom stereocenters. The Balaban J connectivity index is 1.55. The van der Waals surface area contributed by atoms with Crippen LogP contribution < -0.4 is 5.32 Å². The quantitative estimate of drug-likeness (QED) is 0.273. The highest BCUT2D eigenvalue weighted by Crippen LogP contribution is 2.38. The molecule has 0 saturated heterocycles. The van der Waals surface area contributed by atoms with E-state index in [0.29, 0.717) is 12.1 Å². The van der Waals surface area contributed by atoms with Gasteiger partial charge in [0.15, 0.2) is 0 Å². The topological polar surface area (TPSA) is 79.9 Å². The molecule has 37 heavy (non-hydrogen) atoms. The summed E-state index contributed by atoms with van der Waals surface area (Å²) in [6, 6.07) is 30.5. The molecule has 1 N–H and O–H groups in total. The molecule has 0 radical (unpaired) electrons. The minimum atomic E-state index is -0.471. The van der Waals surface area contributed by atoms with Crippen LogP contribution in [-0.2, 0) is 18.3 Å². The molecule has 6 heteroatoms. The normalized spacial score (nSPS) is 11.6. The van der Waals surface area contributed by atoms with E-state index in [1.54, 1.807) is 24.7 Å². The zero-order chi connectivity index (χ0) is 25.8. The number of aryl methyl sites for hydroxylation is 1. The predicted octanol–water partition coefficient (Wildman–Crippen LogP) is 6.29. The van der Waals surface area contributed by atoms with Crippen molar-refractivity contribution >= 4 is 22.4 Å². The number of rotatable bonds is 7. The van der Waals surface area contributed by atoms with Crippen LogP contribution in [0.4, 0.5) is 5.69 Å². The van der Waals surface area contributed by atoms with Gasteiger partial charge in [-0.15, -0.1) is 0 Å². The molecule has 1 unspecified atom stereocenters. The summed E-state index contributed by atoms with van der Waals surface area (Å²) >= 11 is 0. The molecule has 0 amide bonds. The highest BCUT2D eigenvalue weighted by atomic mass is 16.5. The largest absolute Gasteiger partial charge is 0.465 e. The zero-order valence-corrected chi connectivity index (χ0v) is 20.7. The molecule has 0 aliphatic rings. The third kappa shape index (κ3) is 4.80. The van der Waals surface area contributed by atoms with Gasteiger partial charge in [-0.3, -0.25) is 0 Å². The molecule has 0 spiro atoms. The number of ether oxygens (including phenoxy) is 1. The van der Waals surface area contributed by atoms with Gasteiger partial charge in [0.1, 0.15) is 5.92 Å². The lowest BCUT2D eigenvalue weighted by atomic mass is 9.87. The second-order valence-corrected chi connectivity index (χ2v) is 8.86. The van der Waals surface area contributed by atoms with Crippen molar-refractivity contribution in [2.45, 2.75) is 12.5 Å². The second kappa shape index (κ2) is 10.4. The third-order valence-corrected chi connectivity index (χ3v) is 6.59. The number of nitrogens with one attached hydrogen (secondary N) is 1. The van der Waals surface area contributed by atoms with Gasteiger partial charge >= 0.3 is 5.97 Å². The van der Waals surface area contributed by atoms with Crippen LogP contribution in [0, 0.1) is 11.3 Å². The SMILES string of the molecule is COC(=O)c1ccc(CNc2ccc(C(C#N)c3cncn3C)c(-c3cccc4ccccc34)c2)cc1. The van der Waals surface area contributed by atoms with Gasteiger partial charge in [0, 0.05) is 25.5 Å². The maximum Gasteiger partial charge on any atom is 0.337 e. The molecule has 0 fully saturated rings. The summed E-state index contributed by atoms with van der Waals surface area (Å²) in [6.07, 6.45) is 3.48. The lowest BCUT2D eigenvalue weighted by Crippen LogP contribution is -2.07. The highest BCUT2D eigenvalue weighted by Gasteiger charge is 2.22. The summed E-state index contributed by atoms with van der Waals surface area (Å²) in [5, 5.41) is 16.0. The van der Waals surface area contributed by atoms with Crippen molar-refractivity contribution in [1.82, 2.24) is 9.55 Å². The second-order valence-electron chi connectivity index (χ2n) is 8.86. The Morgan fingerprint density at radius 3 is 2.54 bits per heavy atom. The van der Waals surface area contributed by atoms with E-state index in [1.165, 1.54) is 7.11 Å². The first kappa shape index (κ1) is 23.8. The van der Waals surface area contributed by atoms with Crippen LogP contribution in [0.1, 0.15) is 33.1 Å². The van der Waals surface area contributed by atoms with Gasteiger partial charge in [0.25, 0.3) is 0 Å². The minimum Gasteiger partial charge on any atom is -0.465 e. The number of nitriles is 1. The highest BCUT2D eigenvalue weighted by molar-refractivity contribution is 5.98. The molecule has 1 aromatic heterocycles. The Morgan fingerprint density at radius 1 is 1.03 bits per heavy atom. The number of hydrogen-bond donors (Lipinski definition) is 1. The number of anilines is 1. The van der Waals surface area contributed by atoms with E-state index in [2.05, 4.69) is 52.8 Å². The number of hydrogen-bond acceptors (Lipinski definition) is 5. The Kier molecular flexibility index (Phi) is 6.69. The van der Waals surface area contributed by atoms with Gasteiger partial charge in [-0.05, 0) is 57.3 Å². The molecule has 0 saturated carbocycles. The Morgan fingerprint density at radius 2 is 1.81 bits per heavy atom. The maximum absolute atomic E-state index is 11.7. The van der Waals surface area contributed by atoms with Gasteiger partial charge in [-0.2, -0.15) is 5.26 Å². The number of methoxy groups -OCH3 is 1. The van der Waals surface area contributed by atoms with Gasteiger partial charge in [-0.1, -0.05) is 60.7 Å². The average molecular weight is 487 g/mol. The number of imidazole rings is 1. The Hall–Kier alpha value is -4.89. The smallest absolute Gasteiger partial charge is 0.337 e. The summed E-state index contributed by atoms with van der Waals surface area (Å²) < 4.78 is 6.68. The van der Waals surface area contributed by atoms with Crippen molar-refractivity contribution < 1.29 is 9.53 Å². The van der Waals surface area contributed by atoms with Crippen LogP contribution in [0.15, 0.2) is 97.5 Å². The Bertz CT molecular complexity index is 1610. The van der Waals surface area contributed by atoms with E-state index in [0.717, 1.165) is 44.4 Å². The number of carbonyl (C=O) groups is 1. The molecular weight excluding hydrogens is 460 g/mol. The fourth-order valence-electron chi connectivity index (χ4n) is 4.63. The lowest BCUT2D eigenvalue weighted by Gasteiger charge is -2.19. The number of nitrogens with zero attached hydrogens (tertiary/aromatic N) is 3. The molecule has 5 rings (SSSR count). The summed E-state index contributed by atoms with van der Waals surface area (Å²) in [7, 11) is 3.28. The van der Waals surface area contributed by atoms with E-state index in [1.807, 2.05) is 48.0 Å². The molecule has 4 aromatic carbocycles. The molecule has 6 nitrogen and oxygen atoms in total. The van der Waals surface area contributed by atoms with Crippen molar-refractivity contribution in [3.05, 3.63) is 120 Å². The van der Waals surface area contributed by atoms with Crippen molar-refractivity contribution in [2.24, 2.45) is 7.05 Å². The Labute approximate surface area is 215 Å². The van der Waals surface area contributed by atoms with Crippen LogP contribution in [0.3, 0.4) is 0 Å². The lowest BCUT2D eigenvalue weighted by molar-refractivity contribution is 0.0600. The summed E-state index contributed by atoms with van der Waals surface area (Å²) in [5.41, 5.74) is 6.33. The summed E-state index contributed by atoms with van der Waals surface area (Å²) in [6.45, 7) is 0.583. The number of benzene rings is 4. The van der Waals surface area contributed by atoms with E-state index < -0.39 is 5.92 Å². The maximum atomic E-state index is 11.7. The molecular formula is C31H26N4O2. The van der Waals surface area contributed by atoms with Gasteiger partial charge in [0.2, 0.25) is 0 Å². The average Bonchev–Trinajstić information content (AvgIpc) is 3.37. The summed E-state index contributed by atoms with van der Waals surface area (Å²) in [4.78, 5) is 16.0. The first-order chi connectivity index (χ1) is 18.1. The van der Waals surface area contributed by atoms with E-state index >= 15 is 0 Å². The van der Waals surface area contributed by atoms with Crippen LogP contribution in [0.2, 0.25) is 0 Å². The fourth-order valence-corrected chi connectivity index (χ4v) is 4.63. The van der Waals surface area contributed by atoms with E-state index in [4.69, 9.17) is 4.74 Å². The van der Waals surface area contributed by atoms with Crippen LogP contribution >= 0.6 is 0 Å². The molecule has 0 aliphatic heterocycles. The van der Waals surface area contributed by atoms with Crippen LogP contribution in [-0.4, -0.2) is 22.6 Å². The molecule has 0 bridgehead atoms. The number of carbonyl (C=O) groups excluding carboxylic acids is 1. The van der Waals surface area contributed by atoms with Crippen molar-refractivity contribution in [3.8, 4) is 17.2 Å².